The summed E-state index contributed by atoms with van der Waals surface area (Å²) >= 11 is 1.94. The second-order valence-corrected chi connectivity index (χ2v) is 6.10. The predicted molar refractivity (Wildman–Crippen MR) is 78.2 cm³/mol. The minimum absolute atomic E-state index is 0.0926. The molecule has 1 amide bonds. The molecule has 1 aliphatic heterocycles. The molecule has 2 rings (SSSR count). The van der Waals surface area contributed by atoms with E-state index in [0.717, 1.165) is 17.9 Å². The SMILES string of the molecule is N[C@H](Cc1ccc(O)cc1)C(=O)NCC1CCSC1. The number of phenols is 1. The average molecular weight is 280 g/mol. The maximum atomic E-state index is 11.9. The second kappa shape index (κ2) is 6.82. The Morgan fingerprint density at radius 2 is 2.21 bits per heavy atom. The third-order valence-electron chi connectivity index (χ3n) is 3.32. The van der Waals surface area contributed by atoms with Crippen molar-refractivity contribution in [3.63, 3.8) is 0 Å². The number of carbonyl (C=O) groups is 1. The molecule has 1 saturated heterocycles. The number of hydrogen-bond donors (Lipinski definition) is 3. The zero-order valence-electron chi connectivity index (χ0n) is 10.8. The molecule has 0 aliphatic carbocycles. The van der Waals surface area contributed by atoms with Gasteiger partial charge in [-0.15, -0.1) is 0 Å². The van der Waals surface area contributed by atoms with Crippen LogP contribution in [-0.4, -0.2) is 35.1 Å². The number of nitrogens with two attached hydrogens (primary N) is 1. The van der Waals surface area contributed by atoms with Crippen LogP contribution in [0.15, 0.2) is 24.3 Å². The Balaban J connectivity index is 1.76. The number of aromatic hydroxyl groups is 1. The average Bonchev–Trinajstić information content (AvgIpc) is 2.91. The predicted octanol–water partition coefficient (Wildman–Crippen LogP) is 1.13. The van der Waals surface area contributed by atoms with Crippen molar-refractivity contribution in [2.75, 3.05) is 18.1 Å². The Hall–Kier alpha value is -1.20. The van der Waals surface area contributed by atoms with E-state index < -0.39 is 6.04 Å². The van der Waals surface area contributed by atoms with Crippen molar-refractivity contribution in [3.05, 3.63) is 29.8 Å². The van der Waals surface area contributed by atoms with Crippen LogP contribution in [0.5, 0.6) is 5.75 Å². The van der Waals surface area contributed by atoms with E-state index in [9.17, 15) is 9.90 Å². The molecule has 0 spiro atoms. The lowest BCUT2D eigenvalue weighted by atomic mass is 10.1. The molecule has 0 bridgehead atoms. The number of thioether (sulfide) groups is 1. The molecule has 1 aromatic rings. The van der Waals surface area contributed by atoms with Crippen molar-refractivity contribution < 1.29 is 9.90 Å². The van der Waals surface area contributed by atoms with Crippen LogP contribution in [0.25, 0.3) is 0 Å². The molecule has 19 heavy (non-hydrogen) atoms. The van der Waals surface area contributed by atoms with Crippen LogP contribution in [0.1, 0.15) is 12.0 Å². The Morgan fingerprint density at radius 1 is 1.47 bits per heavy atom. The number of amides is 1. The van der Waals surface area contributed by atoms with Gasteiger partial charge in [-0.3, -0.25) is 4.79 Å². The van der Waals surface area contributed by atoms with E-state index >= 15 is 0 Å². The first-order chi connectivity index (χ1) is 9.15. The first-order valence-electron chi connectivity index (χ1n) is 6.54. The highest BCUT2D eigenvalue weighted by molar-refractivity contribution is 7.99. The maximum Gasteiger partial charge on any atom is 0.237 e. The summed E-state index contributed by atoms with van der Waals surface area (Å²) in [5.41, 5.74) is 6.85. The highest BCUT2D eigenvalue weighted by Gasteiger charge is 2.19. The quantitative estimate of drug-likeness (QED) is 0.756. The van der Waals surface area contributed by atoms with Gasteiger partial charge in [-0.2, -0.15) is 11.8 Å². The van der Waals surface area contributed by atoms with Gasteiger partial charge < -0.3 is 16.2 Å². The van der Waals surface area contributed by atoms with E-state index in [1.165, 1.54) is 12.2 Å². The molecular weight excluding hydrogens is 260 g/mol. The molecule has 1 unspecified atom stereocenters. The molecule has 0 saturated carbocycles. The van der Waals surface area contributed by atoms with Gasteiger partial charge in [0.15, 0.2) is 0 Å². The second-order valence-electron chi connectivity index (χ2n) is 4.95. The smallest absolute Gasteiger partial charge is 0.237 e. The maximum absolute atomic E-state index is 11.9. The summed E-state index contributed by atoms with van der Waals surface area (Å²) in [6.45, 7) is 0.731. The van der Waals surface area contributed by atoms with Crippen molar-refractivity contribution in [1.82, 2.24) is 5.32 Å². The van der Waals surface area contributed by atoms with E-state index in [1.54, 1.807) is 24.3 Å². The summed E-state index contributed by atoms with van der Waals surface area (Å²) < 4.78 is 0. The summed E-state index contributed by atoms with van der Waals surface area (Å²) in [7, 11) is 0. The number of nitrogens with one attached hydrogen (secondary N) is 1. The molecule has 1 heterocycles. The van der Waals surface area contributed by atoms with Crippen molar-refractivity contribution >= 4 is 17.7 Å². The molecule has 104 valence electrons. The van der Waals surface area contributed by atoms with E-state index in [4.69, 9.17) is 5.73 Å². The number of rotatable bonds is 5. The van der Waals surface area contributed by atoms with Crippen LogP contribution in [0, 0.1) is 5.92 Å². The molecular formula is C14H20N2O2S. The van der Waals surface area contributed by atoms with Crippen molar-refractivity contribution in [1.29, 1.82) is 0 Å². The van der Waals surface area contributed by atoms with Gasteiger partial charge in [0, 0.05) is 6.54 Å². The minimum Gasteiger partial charge on any atom is -0.508 e. The summed E-state index contributed by atoms with van der Waals surface area (Å²) in [5, 5.41) is 12.1. The number of benzene rings is 1. The van der Waals surface area contributed by atoms with E-state index in [-0.39, 0.29) is 11.7 Å². The van der Waals surface area contributed by atoms with Gasteiger partial charge in [-0.25, -0.2) is 0 Å². The van der Waals surface area contributed by atoms with Crippen LogP contribution in [-0.2, 0) is 11.2 Å². The molecule has 0 radical (unpaired) electrons. The van der Waals surface area contributed by atoms with Crippen LogP contribution < -0.4 is 11.1 Å². The lowest BCUT2D eigenvalue weighted by molar-refractivity contribution is -0.122. The lowest BCUT2D eigenvalue weighted by Gasteiger charge is -2.14. The Bertz CT molecular complexity index is 416. The molecule has 4 N–H and O–H groups in total. The molecule has 1 fully saturated rings. The Kier molecular flexibility index (Phi) is 5.10. The monoisotopic (exact) mass is 280 g/mol. The molecule has 5 heteroatoms. The highest BCUT2D eigenvalue weighted by Crippen LogP contribution is 2.22. The van der Waals surface area contributed by atoms with Crippen LogP contribution in [0.4, 0.5) is 0 Å². The molecule has 1 aliphatic rings. The van der Waals surface area contributed by atoms with Crippen molar-refractivity contribution in [2.45, 2.75) is 18.9 Å². The van der Waals surface area contributed by atoms with Crippen LogP contribution in [0.3, 0.4) is 0 Å². The summed E-state index contributed by atoms with van der Waals surface area (Å²) in [4.78, 5) is 11.9. The third-order valence-corrected chi connectivity index (χ3v) is 4.55. The standard InChI is InChI=1S/C14H20N2O2S/c15-13(7-10-1-3-12(17)4-2-10)14(18)16-8-11-5-6-19-9-11/h1-4,11,13,17H,5-9,15H2,(H,16,18)/t11?,13-/m1/s1. The summed E-state index contributed by atoms with van der Waals surface area (Å²) in [6.07, 6.45) is 1.67. The molecule has 1 aromatic carbocycles. The van der Waals surface area contributed by atoms with Crippen molar-refractivity contribution in [3.8, 4) is 5.75 Å². The first-order valence-corrected chi connectivity index (χ1v) is 7.69. The summed E-state index contributed by atoms with van der Waals surface area (Å²) in [6, 6.07) is 6.26. The van der Waals surface area contributed by atoms with Gasteiger partial charge in [-0.05, 0) is 48.0 Å². The van der Waals surface area contributed by atoms with Crippen LogP contribution >= 0.6 is 11.8 Å². The highest BCUT2D eigenvalue weighted by atomic mass is 32.2. The zero-order valence-corrected chi connectivity index (χ0v) is 11.7. The minimum atomic E-state index is -0.529. The molecule has 0 aromatic heterocycles. The van der Waals surface area contributed by atoms with E-state index in [0.29, 0.717) is 12.3 Å². The number of phenolic OH excluding ortho intramolecular Hbond substituents is 1. The van der Waals surface area contributed by atoms with Gasteiger partial charge in [0.25, 0.3) is 0 Å². The zero-order chi connectivity index (χ0) is 13.7. The fraction of sp³-hybridized carbons (Fsp3) is 0.500. The number of carbonyl (C=O) groups excluding carboxylic acids is 1. The van der Waals surface area contributed by atoms with Crippen molar-refractivity contribution in [2.24, 2.45) is 11.7 Å². The van der Waals surface area contributed by atoms with E-state index in [1.807, 2.05) is 11.8 Å². The third kappa shape index (κ3) is 4.44. The van der Waals surface area contributed by atoms with Gasteiger partial charge in [0.1, 0.15) is 5.75 Å². The van der Waals surface area contributed by atoms with Gasteiger partial charge in [0.2, 0.25) is 5.91 Å². The first kappa shape index (κ1) is 14.2. The summed E-state index contributed by atoms with van der Waals surface area (Å²) in [5.74, 6) is 3.05. The van der Waals surface area contributed by atoms with Gasteiger partial charge in [-0.1, -0.05) is 12.1 Å². The fourth-order valence-corrected chi connectivity index (χ4v) is 3.38. The fourth-order valence-electron chi connectivity index (χ4n) is 2.10. The molecule has 4 nitrogen and oxygen atoms in total. The number of hydrogen-bond acceptors (Lipinski definition) is 4. The Morgan fingerprint density at radius 3 is 2.84 bits per heavy atom. The topological polar surface area (TPSA) is 75.3 Å². The van der Waals surface area contributed by atoms with E-state index in [2.05, 4.69) is 5.32 Å². The Labute approximate surface area is 117 Å². The van der Waals surface area contributed by atoms with Crippen LogP contribution in [0.2, 0.25) is 0 Å². The molecule has 2 atom stereocenters. The van der Waals surface area contributed by atoms with Gasteiger partial charge >= 0.3 is 0 Å². The van der Waals surface area contributed by atoms with Gasteiger partial charge in [0.05, 0.1) is 6.04 Å². The lowest BCUT2D eigenvalue weighted by Crippen LogP contribution is -2.43. The largest absolute Gasteiger partial charge is 0.508 e. The normalized spacial score (nSPS) is 20.2.